The SMILES string of the molecule is COCc1cccc(C(CN)Nc2ccc(C)c(Cl)c2)c1. The average molecular weight is 305 g/mol. The lowest BCUT2D eigenvalue weighted by Crippen LogP contribution is -2.20. The van der Waals surface area contributed by atoms with Crippen LogP contribution in [0.2, 0.25) is 5.02 Å². The molecule has 2 rings (SSSR count). The Morgan fingerprint density at radius 3 is 2.71 bits per heavy atom. The Morgan fingerprint density at radius 1 is 1.24 bits per heavy atom. The van der Waals surface area contributed by atoms with Crippen molar-refractivity contribution in [1.29, 1.82) is 0 Å². The first-order valence-corrected chi connectivity index (χ1v) is 7.32. The Morgan fingerprint density at radius 2 is 2.05 bits per heavy atom. The first-order valence-electron chi connectivity index (χ1n) is 6.94. The van der Waals surface area contributed by atoms with Crippen molar-refractivity contribution < 1.29 is 4.74 Å². The van der Waals surface area contributed by atoms with E-state index in [1.165, 1.54) is 0 Å². The van der Waals surface area contributed by atoms with E-state index in [-0.39, 0.29) is 6.04 Å². The highest BCUT2D eigenvalue weighted by Gasteiger charge is 2.10. The molecule has 2 aromatic carbocycles. The van der Waals surface area contributed by atoms with Crippen molar-refractivity contribution in [2.75, 3.05) is 19.0 Å². The molecule has 1 atom stereocenters. The fourth-order valence-electron chi connectivity index (χ4n) is 2.23. The van der Waals surface area contributed by atoms with Gasteiger partial charge in [-0.2, -0.15) is 0 Å². The predicted octanol–water partition coefficient (Wildman–Crippen LogP) is 3.91. The lowest BCUT2D eigenvalue weighted by molar-refractivity contribution is 0.185. The summed E-state index contributed by atoms with van der Waals surface area (Å²) in [5, 5.41) is 4.19. The number of aryl methyl sites for hydroxylation is 1. The van der Waals surface area contributed by atoms with Crippen LogP contribution < -0.4 is 11.1 Å². The van der Waals surface area contributed by atoms with Crippen LogP contribution in [0.5, 0.6) is 0 Å². The topological polar surface area (TPSA) is 47.3 Å². The van der Waals surface area contributed by atoms with Gasteiger partial charge in [-0.3, -0.25) is 0 Å². The zero-order valence-electron chi connectivity index (χ0n) is 12.4. The number of nitrogens with one attached hydrogen (secondary N) is 1. The molecule has 2 aromatic rings. The number of ether oxygens (including phenoxy) is 1. The van der Waals surface area contributed by atoms with Crippen LogP contribution in [-0.2, 0) is 11.3 Å². The molecule has 0 bridgehead atoms. The Labute approximate surface area is 131 Å². The second-order valence-corrected chi connectivity index (χ2v) is 5.48. The van der Waals surface area contributed by atoms with Gasteiger partial charge < -0.3 is 15.8 Å². The largest absolute Gasteiger partial charge is 0.380 e. The van der Waals surface area contributed by atoms with Gasteiger partial charge in [0.25, 0.3) is 0 Å². The molecule has 4 heteroatoms. The summed E-state index contributed by atoms with van der Waals surface area (Å²) in [6.45, 7) is 3.09. The Balaban J connectivity index is 2.19. The van der Waals surface area contributed by atoms with E-state index in [0.29, 0.717) is 13.2 Å². The molecule has 0 fully saturated rings. The number of methoxy groups -OCH3 is 1. The van der Waals surface area contributed by atoms with Gasteiger partial charge in [-0.05, 0) is 35.7 Å². The van der Waals surface area contributed by atoms with E-state index in [2.05, 4.69) is 17.4 Å². The number of hydrogen-bond acceptors (Lipinski definition) is 3. The summed E-state index contributed by atoms with van der Waals surface area (Å²) in [6.07, 6.45) is 0. The van der Waals surface area contributed by atoms with Crippen LogP contribution in [0.4, 0.5) is 5.69 Å². The average Bonchev–Trinajstić information content (AvgIpc) is 2.49. The zero-order chi connectivity index (χ0) is 15.2. The van der Waals surface area contributed by atoms with Crippen molar-refractivity contribution in [3.8, 4) is 0 Å². The summed E-state index contributed by atoms with van der Waals surface area (Å²) < 4.78 is 5.17. The van der Waals surface area contributed by atoms with E-state index < -0.39 is 0 Å². The first-order chi connectivity index (χ1) is 10.1. The second-order valence-electron chi connectivity index (χ2n) is 5.07. The van der Waals surface area contributed by atoms with Crippen LogP contribution in [0, 0.1) is 6.92 Å². The number of halogens is 1. The van der Waals surface area contributed by atoms with Crippen LogP contribution in [0.3, 0.4) is 0 Å². The fraction of sp³-hybridized carbons (Fsp3) is 0.294. The van der Waals surface area contributed by atoms with Gasteiger partial charge >= 0.3 is 0 Å². The minimum atomic E-state index is 0.0422. The number of anilines is 1. The minimum absolute atomic E-state index is 0.0422. The monoisotopic (exact) mass is 304 g/mol. The van der Waals surface area contributed by atoms with Crippen LogP contribution in [0.1, 0.15) is 22.7 Å². The summed E-state index contributed by atoms with van der Waals surface area (Å²) in [7, 11) is 1.69. The van der Waals surface area contributed by atoms with E-state index in [1.807, 2.05) is 37.3 Å². The molecule has 0 spiro atoms. The normalized spacial score (nSPS) is 12.2. The van der Waals surface area contributed by atoms with E-state index in [4.69, 9.17) is 22.1 Å². The van der Waals surface area contributed by atoms with Crippen LogP contribution >= 0.6 is 11.6 Å². The summed E-state index contributed by atoms with van der Waals surface area (Å²) in [6, 6.07) is 14.2. The minimum Gasteiger partial charge on any atom is -0.380 e. The highest BCUT2D eigenvalue weighted by atomic mass is 35.5. The third-order valence-corrected chi connectivity index (χ3v) is 3.82. The molecule has 0 radical (unpaired) electrons. The predicted molar refractivity (Wildman–Crippen MR) is 88.8 cm³/mol. The fourth-order valence-corrected chi connectivity index (χ4v) is 2.41. The maximum Gasteiger partial charge on any atom is 0.0713 e. The van der Waals surface area contributed by atoms with E-state index in [1.54, 1.807) is 7.11 Å². The Bertz CT molecular complexity index is 601. The van der Waals surface area contributed by atoms with Gasteiger partial charge in [0.2, 0.25) is 0 Å². The smallest absolute Gasteiger partial charge is 0.0713 e. The molecule has 0 aliphatic rings. The second kappa shape index (κ2) is 7.46. The highest BCUT2D eigenvalue weighted by Crippen LogP contribution is 2.24. The van der Waals surface area contributed by atoms with Gasteiger partial charge in [0.1, 0.15) is 0 Å². The molecule has 0 amide bonds. The summed E-state index contributed by atoms with van der Waals surface area (Å²) in [4.78, 5) is 0. The quantitative estimate of drug-likeness (QED) is 0.850. The summed E-state index contributed by atoms with van der Waals surface area (Å²) in [5.41, 5.74) is 10.2. The highest BCUT2D eigenvalue weighted by molar-refractivity contribution is 6.31. The molecule has 112 valence electrons. The van der Waals surface area contributed by atoms with Gasteiger partial charge in [-0.25, -0.2) is 0 Å². The van der Waals surface area contributed by atoms with Crippen LogP contribution in [0.15, 0.2) is 42.5 Å². The summed E-state index contributed by atoms with van der Waals surface area (Å²) in [5.74, 6) is 0. The molecule has 0 aromatic heterocycles. The standard InChI is InChI=1S/C17H21ClN2O/c1-12-6-7-15(9-16(12)18)20-17(10-19)14-5-3-4-13(8-14)11-21-2/h3-9,17,20H,10-11,19H2,1-2H3. The van der Waals surface area contributed by atoms with Gasteiger partial charge in [-0.1, -0.05) is 41.9 Å². The number of nitrogens with two attached hydrogens (primary N) is 1. The van der Waals surface area contributed by atoms with Gasteiger partial charge in [0.05, 0.1) is 12.6 Å². The lowest BCUT2D eigenvalue weighted by atomic mass is 10.0. The van der Waals surface area contributed by atoms with Crippen molar-refractivity contribution >= 4 is 17.3 Å². The van der Waals surface area contributed by atoms with E-state index in [9.17, 15) is 0 Å². The third-order valence-electron chi connectivity index (χ3n) is 3.41. The molecule has 0 aliphatic carbocycles. The van der Waals surface area contributed by atoms with Crippen molar-refractivity contribution in [1.82, 2.24) is 0 Å². The summed E-state index contributed by atoms with van der Waals surface area (Å²) >= 11 is 6.17. The van der Waals surface area contributed by atoms with Crippen LogP contribution in [0.25, 0.3) is 0 Å². The Kier molecular flexibility index (Phi) is 5.62. The molecule has 1 unspecified atom stereocenters. The molecule has 0 heterocycles. The number of benzene rings is 2. The Hall–Kier alpha value is -1.55. The number of hydrogen-bond donors (Lipinski definition) is 2. The molecule has 21 heavy (non-hydrogen) atoms. The molecular weight excluding hydrogens is 284 g/mol. The molecule has 3 nitrogen and oxygen atoms in total. The maximum atomic E-state index is 6.17. The molecule has 0 saturated carbocycles. The first kappa shape index (κ1) is 15.8. The van der Waals surface area contributed by atoms with Gasteiger partial charge in [0, 0.05) is 24.4 Å². The van der Waals surface area contributed by atoms with Gasteiger partial charge in [0.15, 0.2) is 0 Å². The van der Waals surface area contributed by atoms with Crippen molar-refractivity contribution in [3.63, 3.8) is 0 Å². The lowest BCUT2D eigenvalue weighted by Gasteiger charge is -2.20. The van der Waals surface area contributed by atoms with Crippen LogP contribution in [-0.4, -0.2) is 13.7 Å². The van der Waals surface area contributed by atoms with E-state index in [0.717, 1.165) is 27.4 Å². The molecular formula is C17H21ClN2O. The molecule has 0 saturated heterocycles. The third kappa shape index (κ3) is 4.21. The molecule has 0 aliphatic heterocycles. The molecule has 3 N–H and O–H groups in total. The van der Waals surface area contributed by atoms with E-state index >= 15 is 0 Å². The van der Waals surface area contributed by atoms with Crippen molar-refractivity contribution in [2.24, 2.45) is 5.73 Å². The van der Waals surface area contributed by atoms with Gasteiger partial charge in [-0.15, -0.1) is 0 Å². The maximum absolute atomic E-state index is 6.17. The zero-order valence-corrected chi connectivity index (χ0v) is 13.2. The van der Waals surface area contributed by atoms with Crippen molar-refractivity contribution in [3.05, 3.63) is 64.2 Å². The van der Waals surface area contributed by atoms with Crippen molar-refractivity contribution in [2.45, 2.75) is 19.6 Å². The number of rotatable bonds is 6.